The van der Waals surface area contributed by atoms with Crippen molar-refractivity contribution >= 4 is 11.9 Å². The molecule has 1 saturated heterocycles. The molecule has 1 unspecified atom stereocenters. The van der Waals surface area contributed by atoms with Crippen molar-refractivity contribution in [3.63, 3.8) is 0 Å². The molecule has 0 bridgehead atoms. The molecule has 6 heteroatoms. The second-order valence-electron chi connectivity index (χ2n) is 6.08. The lowest BCUT2D eigenvalue weighted by Crippen LogP contribution is -2.46. The zero-order valence-electron chi connectivity index (χ0n) is 14.5. The van der Waals surface area contributed by atoms with Crippen molar-refractivity contribution in [2.45, 2.75) is 39.3 Å². The van der Waals surface area contributed by atoms with Crippen LogP contribution in [0, 0.1) is 0 Å². The summed E-state index contributed by atoms with van der Waals surface area (Å²) in [6, 6.07) is 7.17. The van der Waals surface area contributed by atoms with Gasteiger partial charge in [0.1, 0.15) is 0 Å². The van der Waals surface area contributed by atoms with Crippen LogP contribution >= 0.6 is 0 Å². The van der Waals surface area contributed by atoms with Gasteiger partial charge in [-0.1, -0.05) is 12.1 Å². The number of likely N-dealkylation sites (tertiary alicyclic amines) is 1. The van der Waals surface area contributed by atoms with Gasteiger partial charge < -0.3 is 20.2 Å². The summed E-state index contributed by atoms with van der Waals surface area (Å²) in [6.07, 6.45) is 1.16. The SMILES string of the molecule is CCN(CC)C(=O)c1ccc(CNC(=O)N2CCCC(O)C2)cc1. The topological polar surface area (TPSA) is 72.9 Å². The lowest BCUT2D eigenvalue weighted by Gasteiger charge is -2.30. The molecule has 1 aromatic carbocycles. The molecule has 2 rings (SSSR count). The Labute approximate surface area is 143 Å². The van der Waals surface area contributed by atoms with Crippen LogP contribution in [0.5, 0.6) is 0 Å². The third-order valence-corrected chi connectivity index (χ3v) is 4.38. The van der Waals surface area contributed by atoms with Gasteiger partial charge in [-0.05, 0) is 44.4 Å². The quantitative estimate of drug-likeness (QED) is 0.863. The summed E-state index contributed by atoms with van der Waals surface area (Å²) in [5.41, 5.74) is 1.60. The summed E-state index contributed by atoms with van der Waals surface area (Å²) in [5.74, 6) is 0.0258. The highest BCUT2D eigenvalue weighted by Crippen LogP contribution is 2.11. The number of carbonyl (C=O) groups excluding carboxylic acids is 2. The van der Waals surface area contributed by atoms with E-state index < -0.39 is 6.10 Å². The van der Waals surface area contributed by atoms with Crippen molar-refractivity contribution in [3.05, 3.63) is 35.4 Å². The predicted octanol–water partition coefficient (Wildman–Crippen LogP) is 1.83. The summed E-state index contributed by atoms with van der Waals surface area (Å²) in [6.45, 7) is 6.78. The second-order valence-corrected chi connectivity index (χ2v) is 6.08. The van der Waals surface area contributed by atoms with Crippen molar-refractivity contribution in [3.8, 4) is 0 Å². The Kier molecular flexibility index (Phi) is 6.61. The Morgan fingerprint density at radius 3 is 2.50 bits per heavy atom. The van der Waals surface area contributed by atoms with Gasteiger partial charge in [-0.3, -0.25) is 4.79 Å². The zero-order chi connectivity index (χ0) is 17.5. The number of nitrogens with one attached hydrogen (secondary N) is 1. The average molecular weight is 333 g/mol. The summed E-state index contributed by atoms with van der Waals surface area (Å²) in [5, 5.41) is 12.5. The maximum Gasteiger partial charge on any atom is 0.317 e. The molecule has 1 aromatic rings. The number of carbonyl (C=O) groups is 2. The lowest BCUT2D eigenvalue weighted by molar-refractivity contribution is 0.0773. The number of aliphatic hydroxyl groups is 1. The molecule has 132 valence electrons. The fourth-order valence-electron chi connectivity index (χ4n) is 2.89. The first-order valence-corrected chi connectivity index (χ1v) is 8.64. The Hall–Kier alpha value is -2.08. The summed E-state index contributed by atoms with van der Waals surface area (Å²) in [4.78, 5) is 27.8. The molecular formula is C18H27N3O3. The smallest absolute Gasteiger partial charge is 0.317 e. The van der Waals surface area contributed by atoms with Gasteiger partial charge in [-0.25, -0.2) is 4.79 Å². The van der Waals surface area contributed by atoms with Crippen LogP contribution in [0.3, 0.4) is 0 Å². The fourth-order valence-corrected chi connectivity index (χ4v) is 2.89. The molecule has 1 atom stereocenters. The third kappa shape index (κ3) is 4.71. The molecule has 1 aliphatic heterocycles. The minimum Gasteiger partial charge on any atom is -0.391 e. The Morgan fingerprint density at radius 1 is 1.25 bits per heavy atom. The van der Waals surface area contributed by atoms with Gasteiger partial charge in [0.05, 0.1) is 6.10 Å². The van der Waals surface area contributed by atoms with Gasteiger partial charge in [0, 0.05) is 38.3 Å². The third-order valence-electron chi connectivity index (χ3n) is 4.38. The first-order valence-electron chi connectivity index (χ1n) is 8.64. The molecule has 0 radical (unpaired) electrons. The van der Waals surface area contributed by atoms with E-state index in [0.29, 0.717) is 38.3 Å². The van der Waals surface area contributed by atoms with Crippen LogP contribution in [0.1, 0.15) is 42.6 Å². The standard InChI is InChI=1S/C18H27N3O3/c1-3-20(4-2)17(23)15-9-7-14(8-10-15)12-19-18(24)21-11-5-6-16(22)13-21/h7-10,16,22H,3-6,11-13H2,1-2H3,(H,19,24). The van der Waals surface area contributed by atoms with E-state index in [1.165, 1.54) is 0 Å². The Morgan fingerprint density at radius 2 is 1.92 bits per heavy atom. The first-order chi connectivity index (χ1) is 11.5. The van der Waals surface area contributed by atoms with E-state index in [4.69, 9.17) is 0 Å². The number of aliphatic hydroxyl groups excluding tert-OH is 1. The maximum atomic E-state index is 12.2. The summed E-state index contributed by atoms with van der Waals surface area (Å²) in [7, 11) is 0. The molecule has 1 fully saturated rings. The summed E-state index contributed by atoms with van der Waals surface area (Å²) >= 11 is 0. The number of rotatable bonds is 5. The van der Waals surface area contributed by atoms with Crippen LogP contribution in [0.25, 0.3) is 0 Å². The largest absolute Gasteiger partial charge is 0.391 e. The van der Waals surface area contributed by atoms with Crippen molar-refractivity contribution in [2.24, 2.45) is 0 Å². The molecule has 24 heavy (non-hydrogen) atoms. The van der Waals surface area contributed by atoms with Gasteiger partial charge >= 0.3 is 6.03 Å². The number of β-amino-alcohol motifs (C(OH)–C–C–N with tert-alkyl or cyclic N) is 1. The van der Waals surface area contributed by atoms with E-state index in [-0.39, 0.29) is 11.9 Å². The Balaban J connectivity index is 1.87. The average Bonchev–Trinajstić information content (AvgIpc) is 2.61. The van der Waals surface area contributed by atoms with E-state index in [9.17, 15) is 14.7 Å². The minimum absolute atomic E-state index is 0.0258. The van der Waals surface area contributed by atoms with Gasteiger partial charge in [-0.15, -0.1) is 0 Å². The van der Waals surface area contributed by atoms with E-state index in [2.05, 4.69) is 5.32 Å². The molecular weight excluding hydrogens is 306 g/mol. The van der Waals surface area contributed by atoms with Crippen molar-refractivity contribution in [2.75, 3.05) is 26.2 Å². The van der Waals surface area contributed by atoms with Crippen LogP contribution in [0.2, 0.25) is 0 Å². The molecule has 0 saturated carbocycles. The highest BCUT2D eigenvalue weighted by atomic mass is 16.3. The summed E-state index contributed by atoms with van der Waals surface area (Å²) < 4.78 is 0. The minimum atomic E-state index is -0.421. The van der Waals surface area contributed by atoms with E-state index in [1.807, 2.05) is 26.0 Å². The van der Waals surface area contributed by atoms with Gasteiger partial charge in [-0.2, -0.15) is 0 Å². The molecule has 3 amide bonds. The van der Waals surface area contributed by atoms with Crippen LogP contribution in [-0.4, -0.2) is 59.1 Å². The molecule has 6 nitrogen and oxygen atoms in total. The molecule has 1 aliphatic rings. The molecule has 0 aromatic heterocycles. The number of hydrogen-bond donors (Lipinski definition) is 2. The maximum absolute atomic E-state index is 12.2. The Bertz CT molecular complexity index is 555. The number of urea groups is 1. The second kappa shape index (κ2) is 8.68. The fraction of sp³-hybridized carbons (Fsp3) is 0.556. The number of benzene rings is 1. The predicted molar refractivity (Wildman–Crippen MR) is 92.7 cm³/mol. The highest BCUT2D eigenvalue weighted by Gasteiger charge is 2.21. The van der Waals surface area contributed by atoms with Gasteiger partial charge in [0.2, 0.25) is 0 Å². The first kappa shape index (κ1) is 18.3. The van der Waals surface area contributed by atoms with Crippen molar-refractivity contribution < 1.29 is 14.7 Å². The molecule has 0 spiro atoms. The van der Waals surface area contributed by atoms with Gasteiger partial charge in [0.15, 0.2) is 0 Å². The molecule has 2 N–H and O–H groups in total. The zero-order valence-corrected chi connectivity index (χ0v) is 14.5. The highest BCUT2D eigenvalue weighted by molar-refractivity contribution is 5.94. The van der Waals surface area contributed by atoms with Crippen LogP contribution in [0.15, 0.2) is 24.3 Å². The van der Waals surface area contributed by atoms with Gasteiger partial charge in [0.25, 0.3) is 5.91 Å². The number of nitrogens with zero attached hydrogens (tertiary/aromatic N) is 2. The van der Waals surface area contributed by atoms with Crippen LogP contribution in [0.4, 0.5) is 4.79 Å². The number of amides is 3. The number of hydrogen-bond acceptors (Lipinski definition) is 3. The van der Waals surface area contributed by atoms with Crippen LogP contribution < -0.4 is 5.32 Å². The van der Waals surface area contributed by atoms with E-state index in [0.717, 1.165) is 18.4 Å². The van der Waals surface area contributed by atoms with E-state index >= 15 is 0 Å². The number of piperidine rings is 1. The van der Waals surface area contributed by atoms with Crippen molar-refractivity contribution in [1.82, 2.24) is 15.1 Å². The van der Waals surface area contributed by atoms with Crippen molar-refractivity contribution in [1.29, 1.82) is 0 Å². The molecule has 0 aliphatic carbocycles. The van der Waals surface area contributed by atoms with E-state index in [1.54, 1.807) is 21.9 Å². The molecule has 1 heterocycles. The lowest BCUT2D eigenvalue weighted by atomic mass is 10.1. The van der Waals surface area contributed by atoms with Crippen LogP contribution in [-0.2, 0) is 6.54 Å². The monoisotopic (exact) mass is 333 g/mol. The normalized spacial score (nSPS) is 17.5.